The molecule has 0 saturated heterocycles. The number of hydrogen-bond donors (Lipinski definition) is 1. The van der Waals surface area contributed by atoms with Crippen molar-refractivity contribution in [2.24, 2.45) is 0 Å². The zero-order valence-corrected chi connectivity index (χ0v) is 25.2. The fraction of sp³-hybridized carbons (Fsp3) is 0.571. The summed E-state index contributed by atoms with van der Waals surface area (Å²) >= 11 is 13.0. The first-order valence-electron chi connectivity index (χ1n) is 11.7. The minimum Gasteiger partial charge on any atom is -0.417 e. The third-order valence-electron chi connectivity index (χ3n) is 5.68. The zero-order chi connectivity index (χ0) is 26.4. The molecule has 2 rings (SSSR count). The monoisotopic (exact) mass is 526 g/mol. The largest absolute Gasteiger partial charge is 0.460 e. The Morgan fingerprint density at radius 1 is 0.529 bits per heavy atom. The summed E-state index contributed by atoms with van der Waals surface area (Å²) in [5.41, 5.74) is 2.73. The van der Waals surface area contributed by atoms with Crippen LogP contribution in [0.5, 0.6) is 11.5 Å². The summed E-state index contributed by atoms with van der Waals surface area (Å²) in [5.74, 6) is 1.25. The molecule has 0 atom stereocenters. The number of halogens is 2. The Morgan fingerprint density at radius 3 is 0.912 bits per heavy atom. The highest BCUT2D eigenvalue weighted by Gasteiger charge is 2.33. The first kappa shape index (κ1) is 29.2. The van der Waals surface area contributed by atoms with Crippen molar-refractivity contribution in [3.63, 3.8) is 0 Å². The van der Waals surface area contributed by atoms with Gasteiger partial charge in [0.05, 0.1) is 0 Å². The minimum absolute atomic E-state index is 0.246. The molecule has 0 aliphatic carbocycles. The second kappa shape index (κ2) is 9.81. The average molecular weight is 528 g/mol. The van der Waals surface area contributed by atoms with Gasteiger partial charge in [0.25, 0.3) is 0 Å². The van der Waals surface area contributed by atoms with E-state index in [1.807, 2.05) is 24.3 Å². The van der Waals surface area contributed by atoms with Gasteiger partial charge >= 0.3 is 8.60 Å². The predicted octanol–water partition coefficient (Wildman–Crippen LogP) is 9.86. The standard InChI is InChI=1S/C28H41Cl2O3P/c1-25(2,3)19-13-17(29)14-20(26(4,5)6)23(19)32-34(31)33-24-21(27(7,8)9)15-18(30)16-22(24)28(10,11)12/h13-16,31H,1-12H3. The second-order valence-corrected chi connectivity index (χ2v) is 14.8. The lowest BCUT2D eigenvalue weighted by Gasteiger charge is -2.32. The lowest BCUT2D eigenvalue weighted by atomic mass is 9.79. The number of rotatable bonds is 4. The maximum Gasteiger partial charge on any atom is 0.460 e. The first-order chi connectivity index (χ1) is 15.1. The highest BCUT2D eigenvalue weighted by Crippen LogP contribution is 2.50. The van der Waals surface area contributed by atoms with Crippen LogP contribution in [0.1, 0.15) is 105 Å². The predicted molar refractivity (Wildman–Crippen MR) is 148 cm³/mol. The van der Waals surface area contributed by atoms with Crippen molar-refractivity contribution in [2.45, 2.75) is 105 Å². The van der Waals surface area contributed by atoms with Gasteiger partial charge < -0.3 is 13.9 Å². The molecule has 2 aromatic rings. The van der Waals surface area contributed by atoms with Crippen molar-refractivity contribution >= 4 is 31.8 Å². The minimum atomic E-state index is -2.29. The molecule has 0 spiro atoms. The van der Waals surface area contributed by atoms with Crippen molar-refractivity contribution in [2.75, 3.05) is 0 Å². The normalized spacial score (nSPS) is 13.4. The lowest BCUT2D eigenvalue weighted by Crippen LogP contribution is -2.21. The van der Waals surface area contributed by atoms with Crippen molar-refractivity contribution in [3.8, 4) is 11.5 Å². The molecule has 190 valence electrons. The molecule has 0 bridgehead atoms. The smallest absolute Gasteiger partial charge is 0.417 e. The van der Waals surface area contributed by atoms with Crippen molar-refractivity contribution in [3.05, 3.63) is 56.6 Å². The number of hydrogen-bond acceptors (Lipinski definition) is 3. The summed E-state index contributed by atoms with van der Waals surface area (Å²) in [6.07, 6.45) is 0. The number of benzene rings is 2. The molecular weight excluding hydrogens is 486 g/mol. The van der Waals surface area contributed by atoms with Crippen LogP contribution in [-0.4, -0.2) is 4.89 Å². The summed E-state index contributed by atoms with van der Waals surface area (Å²) in [6.45, 7) is 25.3. The summed E-state index contributed by atoms with van der Waals surface area (Å²) in [4.78, 5) is 11.2. The van der Waals surface area contributed by atoms with E-state index >= 15 is 0 Å². The summed E-state index contributed by atoms with van der Waals surface area (Å²) in [5, 5.41) is 1.29. The van der Waals surface area contributed by atoms with E-state index in [4.69, 9.17) is 32.2 Å². The summed E-state index contributed by atoms with van der Waals surface area (Å²) in [6, 6.07) is 7.66. The molecule has 2 aromatic carbocycles. The second-order valence-electron chi connectivity index (χ2n) is 13.1. The maximum absolute atomic E-state index is 11.2. The van der Waals surface area contributed by atoms with Gasteiger partial charge in [-0.2, -0.15) is 0 Å². The van der Waals surface area contributed by atoms with Gasteiger partial charge in [0.1, 0.15) is 11.5 Å². The first-order valence-corrected chi connectivity index (χ1v) is 13.5. The molecular formula is C28H41Cl2O3P. The SMILES string of the molecule is CC(C)(C)c1cc(Cl)cc(C(C)(C)C)c1OP(O)Oc1c(C(C)(C)C)cc(Cl)cc1C(C)(C)C. The fourth-order valence-electron chi connectivity index (χ4n) is 3.79. The Kier molecular flexibility index (Phi) is 8.44. The van der Waals surface area contributed by atoms with Crippen LogP contribution >= 0.6 is 31.8 Å². The van der Waals surface area contributed by atoms with Crippen LogP contribution < -0.4 is 9.05 Å². The van der Waals surface area contributed by atoms with Crippen molar-refractivity contribution in [1.82, 2.24) is 0 Å². The van der Waals surface area contributed by atoms with Gasteiger partial charge in [0, 0.05) is 32.3 Å². The Morgan fingerprint density at radius 2 is 0.735 bits per heavy atom. The third-order valence-corrected chi connectivity index (χ3v) is 6.79. The van der Waals surface area contributed by atoms with Gasteiger partial charge in [-0.3, -0.25) is 0 Å². The van der Waals surface area contributed by atoms with Crippen molar-refractivity contribution in [1.29, 1.82) is 0 Å². The van der Waals surface area contributed by atoms with E-state index in [1.54, 1.807) is 0 Å². The van der Waals surface area contributed by atoms with E-state index in [0.29, 0.717) is 21.5 Å². The molecule has 0 fully saturated rings. The molecule has 0 radical (unpaired) electrons. The molecule has 0 unspecified atom stereocenters. The highest BCUT2D eigenvalue weighted by molar-refractivity contribution is 7.41. The molecule has 3 nitrogen and oxygen atoms in total. The Balaban J connectivity index is 2.65. The van der Waals surface area contributed by atoms with E-state index in [0.717, 1.165) is 22.3 Å². The van der Waals surface area contributed by atoms with Crippen LogP contribution in [0.3, 0.4) is 0 Å². The van der Waals surface area contributed by atoms with Gasteiger partial charge in [-0.1, -0.05) is 106 Å². The summed E-state index contributed by atoms with van der Waals surface area (Å²) < 4.78 is 12.5. The van der Waals surface area contributed by atoms with Gasteiger partial charge in [-0.25, -0.2) is 0 Å². The van der Waals surface area contributed by atoms with Gasteiger partial charge in [0.2, 0.25) is 0 Å². The maximum atomic E-state index is 11.2. The molecule has 0 saturated carbocycles. The molecule has 0 aromatic heterocycles. The van der Waals surface area contributed by atoms with E-state index in [2.05, 4.69) is 83.1 Å². The topological polar surface area (TPSA) is 38.7 Å². The van der Waals surface area contributed by atoms with Crippen molar-refractivity contribution < 1.29 is 13.9 Å². The van der Waals surface area contributed by atoms with Crippen LogP contribution in [-0.2, 0) is 21.7 Å². The highest BCUT2D eigenvalue weighted by atomic mass is 35.5. The lowest BCUT2D eigenvalue weighted by molar-refractivity contribution is 0.360. The quantitative estimate of drug-likeness (QED) is 0.402. The van der Waals surface area contributed by atoms with E-state index in [-0.39, 0.29) is 21.7 Å². The van der Waals surface area contributed by atoms with Crippen LogP contribution in [0.2, 0.25) is 10.0 Å². The Labute approximate surface area is 218 Å². The molecule has 0 heterocycles. The molecule has 1 N–H and O–H groups in total. The molecule has 34 heavy (non-hydrogen) atoms. The Hall–Kier alpha value is -0.990. The van der Waals surface area contributed by atoms with E-state index < -0.39 is 8.60 Å². The van der Waals surface area contributed by atoms with E-state index in [1.165, 1.54) is 0 Å². The molecule has 0 aliphatic rings. The van der Waals surface area contributed by atoms with E-state index in [9.17, 15) is 4.89 Å². The van der Waals surface area contributed by atoms with Gasteiger partial charge in [0.15, 0.2) is 0 Å². The Bertz CT molecular complexity index is 882. The van der Waals surface area contributed by atoms with Gasteiger partial charge in [-0.15, -0.1) is 0 Å². The molecule has 0 aliphatic heterocycles. The fourth-order valence-corrected chi connectivity index (χ4v) is 4.97. The van der Waals surface area contributed by atoms with Gasteiger partial charge in [-0.05, 0) is 45.9 Å². The van der Waals surface area contributed by atoms with Crippen LogP contribution in [0.25, 0.3) is 0 Å². The molecule has 6 heteroatoms. The average Bonchev–Trinajstić information content (AvgIpc) is 2.60. The van der Waals surface area contributed by atoms with Crippen LogP contribution in [0.15, 0.2) is 24.3 Å². The third kappa shape index (κ3) is 7.03. The van der Waals surface area contributed by atoms with Crippen LogP contribution in [0, 0.1) is 0 Å². The summed E-state index contributed by atoms with van der Waals surface area (Å²) in [7, 11) is -2.29. The zero-order valence-electron chi connectivity index (χ0n) is 22.8. The molecule has 0 amide bonds. The van der Waals surface area contributed by atoms with Crippen LogP contribution in [0.4, 0.5) is 0 Å².